The fourth-order valence-corrected chi connectivity index (χ4v) is 2.19. The smallest absolute Gasteiger partial charge is 0.243 e. The summed E-state index contributed by atoms with van der Waals surface area (Å²) >= 11 is 0. The molecule has 1 heterocycles. The summed E-state index contributed by atoms with van der Waals surface area (Å²) in [4.78, 5) is 27.2. The van der Waals surface area contributed by atoms with Gasteiger partial charge in [-0.05, 0) is 19.4 Å². The van der Waals surface area contributed by atoms with Crippen LogP contribution in [0, 0.1) is 0 Å². The van der Waals surface area contributed by atoms with Gasteiger partial charge < -0.3 is 10.2 Å². The predicted molar refractivity (Wildman–Crippen MR) is 75.7 cm³/mol. The Kier molecular flexibility index (Phi) is 6.56. The van der Waals surface area contributed by atoms with Crippen LogP contribution in [0.25, 0.3) is 0 Å². The van der Waals surface area contributed by atoms with Gasteiger partial charge in [0.2, 0.25) is 11.8 Å². The lowest BCUT2D eigenvalue weighted by Crippen LogP contribution is -2.51. The van der Waals surface area contributed by atoms with Crippen LogP contribution in [0.2, 0.25) is 0 Å². The second-order valence-corrected chi connectivity index (χ2v) is 4.92. The molecule has 1 aliphatic rings. The molecule has 0 bridgehead atoms. The van der Waals surface area contributed by atoms with Crippen LogP contribution in [0.1, 0.15) is 26.7 Å². The van der Waals surface area contributed by atoms with Gasteiger partial charge in [-0.15, -0.1) is 0 Å². The van der Waals surface area contributed by atoms with Crippen LogP contribution in [0.3, 0.4) is 0 Å². The van der Waals surface area contributed by atoms with Gasteiger partial charge in [0.15, 0.2) is 0 Å². The van der Waals surface area contributed by atoms with Crippen molar-refractivity contribution in [3.8, 4) is 0 Å². The molecule has 5 nitrogen and oxygen atoms in total. The Morgan fingerprint density at radius 3 is 2.47 bits per heavy atom. The van der Waals surface area contributed by atoms with Crippen LogP contribution >= 0.6 is 0 Å². The molecule has 0 aromatic rings. The van der Waals surface area contributed by atoms with E-state index in [4.69, 9.17) is 0 Å². The largest absolute Gasteiger partial charge is 0.352 e. The summed E-state index contributed by atoms with van der Waals surface area (Å²) < 4.78 is 0. The molecule has 1 atom stereocenters. The third-order valence-corrected chi connectivity index (χ3v) is 3.70. The summed E-state index contributed by atoms with van der Waals surface area (Å²) in [5, 5.41) is 2.62. The van der Waals surface area contributed by atoms with E-state index in [0.717, 1.165) is 32.6 Å². The molecule has 0 aromatic carbocycles. The van der Waals surface area contributed by atoms with Crippen LogP contribution in [-0.4, -0.2) is 60.4 Å². The lowest BCUT2D eigenvalue weighted by Gasteiger charge is -2.37. The van der Waals surface area contributed by atoms with E-state index in [-0.39, 0.29) is 11.8 Å². The van der Waals surface area contributed by atoms with Gasteiger partial charge in [-0.2, -0.15) is 0 Å². The van der Waals surface area contributed by atoms with Crippen molar-refractivity contribution < 1.29 is 9.59 Å². The summed E-state index contributed by atoms with van der Waals surface area (Å²) in [6.07, 6.45) is 2.72. The topological polar surface area (TPSA) is 52.7 Å². The van der Waals surface area contributed by atoms with Crippen molar-refractivity contribution in [2.45, 2.75) is 32.7 Å². The van der Waals surface area contributed by atoms with E-state index >= 15 is 0 Å². The molecule has 1 fully saturated rings. The van der Waals surface area contributed by atoms with Crippen LogP contribution < -0.4 is 5.32 Å². The number of piperazine rings is 1. The van der Waals surface area contributed by atoms with E-state index in [2.05, 4.69) is 30.6 Å². The Balaban J connectivity index is 2.25. The summed E-state index contributed by atoms with van der Waals surface area (Å²) in [6, 6.07) is 0.587. The standard InChI is InChI=1S/C14H25N3O2/c1-4-12(3)16-8-10-17(11-9-16)14(19)6-7-15-13(18)5-2/h5,12H,2,4,6-11H2,1,3H3,(H,15,18). The number of rotatable bonds is 6. The highest BCUT2D eigenvalue weighted by molar-refractivity contribution is 5.87. The number of carbonyl (C=O) groups is 2. The normalized spacial score (nSPS) is 17.9. The third-order valence-electron chi connectivity index (χ3n) is 3.70. The first kappa shape index (κ1) is 15.7. The van der Waals surface area contributed by atoms with Gasteiger partial charge in [0.25, 0.3) is 0 Å². The van der Waals surface area contributed by atoms with Crippen molar-refractivity contribution in [3.63, 3.8) is 0 Å². The molecule has 0 spiro atoms. The minimum atomic E-state index is -0.227. The average molecular weight is 267 g/mol. The lowest BCUT2D eigenvalue weighted by molar-refractivity contribution is -0.133. The molecule has 1 aliphatic heterocycles. The molecular weight excluding hydrogens is 242 g/mol. The van der Waals surface area contributed by atoms with Gasteiger partial charge in [-0.3, -0.25) is 14.5 Å². The highest BCUT2D eigenvalue weighted by Gasteiger charge is 2.22. The number of amides is 2. The van der Waals surface area contributed by atoms with Crippen molar-refractivity contribution >= 4 is 11.8 Å². The molecule has 2 amide bonds. The molecule has 0 aromatic heterocycles. The van der Waals surface area contributed by atoms with E-state index in [0.29, 0.717) is 19.0 Å². The number of nitrogens with zero attached hydrogens (tertiary/aromatic N) is 2. The first-order valence-corrected chi connectivity index (χ1v) is 7.00. The van der Waals surface area contributed by atoms with Crippen LogP contribution in [0.5, 0.6) is 0 Å². The molecule has 1 rings (SSSR count). The monoisotopic (exact) mass is 267 g/mol. The van der Waals surface area contributed by atoms with E-state index < -0.39 is 0 Å². The predicted octanol–water partition coefficient (Wildman–Crippen LogP) is 0.621. The van der Waals surface area contributed by atoms with E-state index in [1.165, 1.54) is 6.08 Å². The van der Waals surface area contributed by atoms with Gasteiger partial charge in [0, 0.05) is 45.2 Å². The number of carbonyl (C=O) groups excluding carboxylic acids is 2. The number of hydrogen-bond donors (Lipinski definition) is 1. The molecule has 1 N–H and O–H groups in total. The lowest BCUT2D eigenvalue weighted by atomic mass is 10.2. The molecule has 1 saturated heterocycles. The van der Waals surface area contributed by atoms with Crippen LogP contribution in [0.4, 0.5) is 0 Å². The second-order valence-electron chi connectivity index (χ2n) is 4.92. The summed E-state index contributed by atoms with van der Waals surface area (Å²) in [5.74, 6) is -0.109. The zero-order chi connectivity index (χ0) is 14.3. The van der Waals surface area contributed by atoms with Gasteiger partial charge >= 0.3 is 0 Å². The molecule has 1 unspecified atom stereocenters. The van der Waals surface area contributed by atoms with Crippen LogP contribution in [-0.2, 0) is 9.59 Å². The Hall–Kier alpha value is -1.36. The first-order valence-electron chi connectivity index (χ1n) is 7.00. The Bertz CT molecular complexity index is 323. The van der Waals surface area contributed by atoms with E-state index in [1.54, 1.807) is 0 Å². The molecule has 0 radical (unpaired) electrons. The Labute approximate surface area is 115 Å². The zero-order valence-corrected chi connectivity index (χ0v) is 12.0. The van der Waals surface area contributed by atoms with Crippen molar-refractivity contribution in [1.29, 1.82) is 0 Å². The maximum Gasteiger partial charge on any atom is 0.243 e. The Morgan fingerprint density at radius 2 is 1.95 bits per heavy atom. The highest BCUT2D eigenvalue weighted by atomic mass is 16.2. The van der Waals surface area contributed by atoms with Crippen molar-refractivity contribution in [1.82, 2.24) is 15.1 Å². The molecule has 5 heteroatoms. The third kappa shape index (κ3) is 5.03. The minimum Gasteiger partial charge on any atom is -0.352 e. The van der Waals surface area contributed by atoms with E-state index in [9.17, 15) is 9.59 Å². The second kappa shape index (κ2) is 7.94. The fraction of sp³-hybridized carbons (Fsp3) is 0.714. The maximum atomic E-state index is 11.9. The van der Waals surface area contributed by atoms with E-state index in [1.807, 2.05) is 4.90 Å². The highest BCUT2D eigenvalue weighted by Crippen LogP contribution is 2.09. The van der Waals surface area contributed by atoms with Crippen molar-refractivity contribution in [3.05, 3.63) is 12.7 Å². The molecule has 108 valence electrons. The molecule has 0 saturated carbocycles. The summed E-state index contributed by atoms with van der Waals surface area (Å²) in [6.45, 7) is 11.6. The molecule has 19 heavy (non-hydrogen) atoms. The Morgan fingerprint density at radius 1 is 1.32 bits per heavy atom. The fourth-order valence-electron chi connectivity index (χ4n) is 2.19. The maximum absolute atomic E-state index is 11.9. The minimum absolute atomic E-state index is 0.119. The van der Waals surface area contributed by atoms with Gasteiger partial charge in [0.1, 0.15) is 0 Å². The van der Waals surface area contributed by atoms with Crippen molar-refractivity contribution in [2.24, 2.45) is 0 Å². The summed E-state index contributed by atoms with van der Waals surface area (Å²) in [7, 11) is 0. The summed E-state index contributed by atoms with van der Waals surface area (Å²) in [5.41, 5.74) is 0. The van der Waals surface area contributed by atoms with Gasteiger partial charge in [-0.25, -0.2) is 0 Å². The molecule has 0 aliphatic carbocycles. The average Bonchev–Trinajstić information content (AvgIpc) is 2.46. The van der Waals surface area contributed by atoms with Crippen LogP contribution in [0.15, 0.2) is 12.7 Å². The number of hydrogen-bond acceptors (Lipinski definition) is 3. The SMILES string of the molecule is C=CC(=O)NCCC(=O)N1CCN(C(C)CC)CC1. The zero-order valence-electron chi connectivity index (χ0n) is 12.0. The first-order chi connectivity index (χ1) is 9.08. The quantitative estimate of drug-likeness (QED) is 0.718. The van der Waals surface area contributed by atoms with Crippen molar-refractivity contribution in [2.75, 3.05) is 32.7 Å². The van der Waals surface area contributed by atoms with Gasteiger partial charge in [-0.1, -0.05) is 13.5 Å². The molecular formula is C14H25N3O2. The van der Waals surface area contributed by atoms with Gasteiger partial charge in [0.05, 0.1) is 0 Å². The number of nitrogens with one attached hydrogen (secondary N) is 1.